The lowest BCUT2D eigenvalue weighted by Gasteiger charge is -2.28. The summed E-state index contributed by atoms with van der Waals surface area (Å²) in [7, 11) is 1.00. The summed E-state index contributed by atoms with van der Waals surface area (Å²) in [4.78, 5) is 33.2. The second kappa shape index (κ2) is 18.9. The smallest absolute Gasteiger partial charge is 0.256 e. The fraction of sp³-hybridized carbons (Fsp3) is 0.786. The summed E-state index contributed by atoms with van der Waals surface area (Å²) in [5.74, 6) is 1.75. The largest absolute Gasteiger partial charge is 0.400 e. The van der Waals surface area contributed by atoms with E-state index in [0.29, 0.717) is 43.1 Å². The number of aliphatic hydroxyl groups excluding tert-OH is 1. The number of ether oxygens (including phenoxy) is 1. The van der Waals surface area contributed by atoms with Crippen LogP contribution in [0.3, 0.4) is 0 Å². The first-order chi connectivity index (χ1) is 18.2. The van der Waals surface area contributed by atoms with E-state index in [1.807, 2.05) is 0 Å². The molecule has 2 saturated heterocycles. The summed E-state index contributed by atoms with van der Waals surface area (Å²) in [6.45, 7) is 16.4. The molecule has 0 aromatic carbocycles. The maximum atomic E-state index is 12.4. The number of morpholine rings is 1. The molecule has 1 aromatic heterocycles. The van der Waals surface area contributed by atoms with Crippen molar-refractivity contribution in [3.05, 3.63) is 17.6 Å². The number of carbonyl (C=O) groups excluding carboxylic acids is 2. The van der Waals surface area contributed by atoms with Crippen molar-refractivity contribution in [2.45, 2.75) is 84.6 Å². The Balaban J connectivity index is 0.000000365. The molecule has 4 rings (SSSR count). The molecule has 10 heteroatoms. The van der Waals surface area contributed by atoms with Gasteiger partial charge in [0, 0.05) is 44.4 Å². The van der Waals surface area contributed by atoms with Crippen LogP contribution in [0.5, 0.6) is 0 Å². The molecule has 1 saturated carbocycles. The van der Waals surface area contributed by atoms with Crippen molar-refractivity contribution >= 4 is 18.1 Å². The van der Waals surface area contributed by atoms with Gasteiger partial charge < -0.3 is 30.7 Å². The van der Waals surface area contributed by atoms with E-state index in [0.717, 1.165) is 45.3 Å². The fourth-order valence-corrected chi connectivity index (χ4v) is 3.64. The van der Waals surface area contributed by atoms with Gasteiger partial charge in [0.2, 0.25) is 6.41 Å². The summed E-state index contributed by atoms with van der Waals surface area (Å²) in [5, 5.41) is 16.6. The van der Waals surface area contributed by atoms with Crippen LogP contribution in [0.1, 0.15) is 89.3 Å². The maximum Gasteiger partial charge on any atom is 0.256 e. The van der Waals surface area contributed by atoms with Gasteiger partial charge in [-0.1, -0.05) is 41.0 Å². The Kier molecular flexibility index (Phi) is 16.7. The Labute approximate surface area is 229 Å². The molecule has 0 radical (unpaired) electrons. The summed E-state index contributed by atoms with van der Waals surface area (Å²) in [6.07, 6.45) is 10.3. The highest BCUT2D eigenvalue weighted by molar-refractivity contribution is 5.98. The Morgan fingerprint density at radius 2 is 1.79 bits per heavy atom. The topological polar surface area (TPSA) is 129 Å². The maximum absolute atomic E-state index is 12.4. The molecule has 0 spiro atoms. The van der Waals surface area contributed by atoms with E-state index in [-0.39, 0.29) is 11.3 Å². The van der Waals surface area contributed by atoms with Crippen molar-refractivity contribution in [3.8, 4) is 0 Å². The van der Waals surface area contributed by atoms with Gasteiger partial charge in [0.05, 0.1) is 13.2 Å². The molecule has 218 valence electrons. The molecule has 3 heterocycles. The standard InChI is InChI=1S/C17H28N4O.C5H9NO2.C5H11N.CH4O/c1-11(2)9-18-15(22)13-10-19-16(17(3,4)5)21-14(13)20-12-7-6-8-12;7-5-6-1-3-8-4-2-6;1-2-4-6-5-3-1;1-2/h10-12H,6-9H2,1-5H3,(H,18,22)(H,19,20,21);5H,1-4H2;6H,1-5H2;2H,1H3. The van der Waals surface area contributed by atoms with Gasteiger partial charge in [0.15, 0.2) is 0 Å². The molecule has 4 N–H and O–H groups in total. The van der Waals surface area contributed by atoms with Crippen molar-refractivity contribution in [2.75, 3.05) is 58.4 Å². The molecule has 0 bridgehead atoms. The van der Waals surface area contributed by atoms with Crippen LogP contribution in [0.4, 0.5) is 5.82 Å². The number of carbonyl (C=O) groups is 2. The molecular formula is C28H52N6O4. The van der Waals surface area contributed by atoms with Crippen LogP contribution in [-0.2, 0) is 14.9 Å². The zero-order valence-electron chi connectivity index (χ0n) is 24.5. The zero-order chi connectivity index (χ0) is 28.4. The van der Waals surface area contributed by atoms with E-state index in [1.54, 1.807) is 11.1 Å². The van der Waals surface area contributed by atoms with Crippen LogP contribution in [0.2, 0.25) is 0 Å². The Morgan fingerprint density at radius 1 is 1.16 bits per heavy atom. The van der Waals surface area contributed by atoms with Gasteiger partial charge in [-0.3, -0.25) is 9.59 Å². The monoisotopic (exact) mass is 536 g/mol. The number of nitrogens with zero attached hydrogens (tertiary/aromatic N) is 3. The third-order valence-electron chi connectivity index (χ3n) is 6.22. The van der Waals surface area contributed by atoms with Crippen molar-refractivity contribution in [1.82, 2.24) is 25.5 Å². The van der Waals surface area contributed by atoms with Crippen molar-refractivity contribution in [3.63, 3.8) is 0 Å². The lowest BCUT2D eigenvalue weighted by Crippen LogP contribution is -2.34. The normalized spacial score (nSPS) is 17.3. The zero-order valence-corrected chi connectivity index (χ0v) is 24.5. The number of rotatable bonds is 6. The first-order valence-electron chi connectivity index (χ1n) is 14.1. The predicted molar refractivity (Wildman–Crippen MR) is 152 cm³/mol. The number of nitrogens with one attached hydrogen (secondary N) is 3. The van der Waals surface area contributed by atoms with Gasteiger partial charge in [-0.2, -0.15) is 0 Å². The van der Waals surface area contributed by atoms with Crippen molar-refractivity contribution in [2.24, 2.45) is 5.92 Å². The molecule has 3 fully saturated rings. The highest BCUT2D eigenvalue weighted by Gasteiger charge is 2.25. The number of hydrogen-bond donors (Lipinski definition) is 4. The molecule has 3 aliphatic rings. The van der Waals surface area contributed by atoms with E-state index in [9.17, 15) is 9.59 Å². The second-order valence-electron chi connectivity index (χ2n) is 11.1. The summed E-state index contributed by atoms with van der Waals surface area (Å²) < 4.78 is 5.00. The first-order valence-corrected chi connectivity index (χ1v) is 14.1. The Hall–Kier alpha value is -2.30. The van der Waals surface area contributed by atoms with E-state index >= 15 is 0 Å². The van der Waals surface area contributed by atoms with E-state index in [1.165, 1.54) is 38.8 Å². The van der Waals surface area contributed by atoms with E-state index in [2.05, 4.69) is 60.5 Å². The number of aliphatic hydroxyl groups is 1. The van der Waals surface area contributed by atoms with Crippen molar-refractivity contribution in [1.29, 1.82) is 0 Å². The van der Waals surface area contributed by atoms with Gasteiger partial charge in [-0.25, -0.2) is 9.97 Å². The number of piperidine rings is 1. The van der Waals surface area contributed by atoms with Crippen LogP contribution >= 0.6 is 0 Å². The number of anilines is 1. The molecule has 10 nitrogen and oxygen atoms in total. The van der Waals surface area contributed by atoms with Crippen LogP contribution < -0.4 is 16.0 Å². The predicted octanol–water partition coefficient (Wildman–Crippen LogP) is 2.97. The summed E-state index contributed by atoms with van der Waals surface area (Å²) in [6, 6.07) is 0.430. The van der Waals surface area contributed by atoms with Crippen LogP contribution in [0.15, 0.2) is 6.20 Å². The van der Waals surface area contributed by atoms with Crippen LogP contribution in [0.25, 0.3) is 0 Å². The first kappa shape index (κ1) is 33.7. The minimum absolute atomic E-state index is 0.101. The Morgan fingerprint density at radius 3 is 2.18 bits per heavy atom. The Bertz CT molecular complexity index is 775. The molecular weight excluding hydrogens is 484 g/mol. The average molecular weight is 537 g/mol. The average Bonchev–Trinajstić information content (AvgIpc) is 2.92. The molecule has 2 amide bonds. The van der Waals surface area contributed by atoms with Crippen molar-refractivity contribution < 1.29 is 19.4 Å². The van der Waals surface area contributed by atoms with E-state index < -0.39 is 0 Å². The van der Waals surface area contributed by atoms with Gasteiger partial charge in [-0.15, -0.1) is 0 Å². The quantitative estimate of drug-likeness (QED) is 0.409. The molecule has 1 aliphatic carbocycles. The van der Waals surface area contributed by atoms with Gasteiger partial charge in [0.1, 0.15) is 17.2 Å². The van der Waals surface area contributed by atoms with Gasteiger partial charge in [0.25, 0.3) is 5.91 Å². The molecule has 38 heavy (non-hydrogen) atoms. The molecule has 0 atom stereocenters. The highest BCUT2D eigenvalue weighted by Crippen LogP contribution is 2.26. The van der Waals surface area contributed by atoms with Gasteiger partial charge >= 0.3 is 0 Å². The molecule has 1 aromatic rings. The third kappa shape index (κ3) is 13.5. The minimum atomic E-state index is -0.136. The lowest BCUT2D eigenvalue weighted by atomic mass is 9.93. The SMILES string of the molecule is C1CCNCC1.CC(C)CNC(=O)c1cnc(C(C)(C)C)nc1NC1CCC1.CO.O=CN1CCOCC1. The number of aromatic nitrogens is 2. The minimum Gasteiger partial charge on any atom is -0.400 e. The fourth-order valence-electron chi connectivity index (χ4n) is 3.64. The number of hydrogen-bond acceptors (Lipinski definition) is 8. The lowest BCUT2D eigenvalue weighted by molar-refractivity contribution is -0.121. The third-order valence-corrected chi connectivity index (χ3v) is 6.22. The van der Waals surface area contributed by atoms with Crippen LogP contribution in [0, 0.1) is 5.92 Å². The number of amides is 2. The molecule has 0 unspecified atom stereocenters. The summed E-state index contributed by atoms with van der Waals surface area (Å²) >= 11 is 0. The van der Waals surface area contributed by atoms with E-state index in [4.69, 9.17) is 9.84 Å². The van der Waals surface area contributed by atoms with Gasteiger partial charge in [-0.05, 0) is 51.1 Å². The van der Waals surface area contributed by atoms with Crippen LogP contribution in [-0.4, -0.2) is 91.4 Å². The second-order valence-corrected chi connectivity index (χ2v) is 11.1. The summed E-state index contributed by atoms with van der Waals surface area (Å²) in [5.41, 5.74) is 0.406. The molecule has 2 aliphatic heterocycles. The highest BCUT2D eigenvalue weighted by atomic mass is 16.5.